The predicted molar refractivity (Wildman–Crippen MR) is 92.8 cm³/mol. The van der Waals surface area contributed by atoms with Gasteiger partial charge in [0.1, 0.15) is 12.9 Å². The molecule has 10 nitrogen and oxygen atoms in total. The van der Waals surface area contributed by atoms with Gasteiger partial charge >= 0.3 is 5.82 Å². The number of hydrogen-bond donors (Lipinski definition) is 1. The van der Waals surface area contributed by atoms with E-state index in [9.17, 15) is 14.9 Å². The van der Waals surface area contributed by atoms with E-state index in [2.05, 4.69) is 20.5 Å². The Labute approximate surface area is 152 Å². The fourth-order valence-corrected chi connectivity index (χ4v) is 2.47. The average Bonchev–Trinajstić information content (AvgIpc) is 3.17. The number of aromatic nitrogens is 5. The summed E-state index contributed by atoms with van der Waals surface area (Å²) in [6, 6.07) is 8.65. The van der Waals surface area contributed by atoms with Gasteiger partial charge in [-0.1, -0.05) is 29.8 Å². The van der Waals surface area contributed by atoms with Gasteiger partial charge in [-0.3, -0.25) is 10.1 Å². The van der Waals surface area contributed by atoms with Gasteiger partial charge < -0.3 is 10.1 Å². The standard InChI is InChI=1S/C15H14ClN7O3/c1-10-6-13(23(25)26)19-22(10)8-14(24)18-15-17-9-21(20-15)7-11-4-2-3-5-12(11)16/h2-6,9H,7-8H2,1H3,(H,18,20,24). The number of hydrogen-bond acceptors (Lipinski definition) is 6. The van der Waals surface area contributed by atoms with E-state index in [1.807, 2.05) is 18.2 Å². The van der Waals surface area contributed by atoms with Crippen molar-refractivity contribution in [2.75, 3.05) is 5.32 Å². The van der Waals surface area contributed by atoms with E-state index in [4.69, 9.17) is 11.6 Å². The summed E-state index contributed by atoms with van der Waals surface area (Å²) < 4.78 is 2.79. The third kappa shape index (κ3) is 4.03. The summed E-state index contributed by atoms with van der Waals surface area (Å²) in [6.07, 6.45) is 1.48. The lowest BCUT2D eigenvalue weighted by Gasteiger charge is -2.03. The van der Waals surface area contributed by atoms with Crippen molar-refractivity contribution >= 4 is 29.3 Å². The maximum Gasteiger partial charge on any atom is 0.390 e. The molecule has 1 amide bonds. The second-order valence-electron chi connectivity index (χ2n) is 5.46. The van der Waals surface area contributed by atoms with Gasteiger partial charge in [0, 0.05) is 5.02 Å². The Morgan fingerprint density at radius 3 is 2.81 bits per heavy atom. The zero-order valence-electron chi connectivity index (χ0n) is 13.7. The first-order valence-electron chi connectivity index (χ1n) is 7.54. The van der Waals surface area contributed by atoms with Gasteiger partial charge in [-0.25, -0.2) is 9.67 Å². The first kappa shape index (κ1) is 17.5. The minimum Gasteiger partial charge on any atom is -0.358 e. The fraction of sp³-hybridized carbons (Fsp3) is 0.200. The molecule has 3 rings (SSSR count). The van der Waals surface area contributed by atoms with Crippen molar-refractivity contribution in [2.45, 2.75) is 20.0 Å². The van der Waals surface area contributed by atoms with E-state index < -0.39 is 10.8 Å². The molecule has 0 aliphatic heterocycles. The molecule has 0 spiro atoms. The van der Waals surface area contributed by atoms with Gasteiger partial charge in [-0.15, -0.1) is 5.10 Å². The van der Waals surface area contributed by atoms with Crippen LogP contribution >= 0.6 is 11.6 Å². The molecule has 1 N–H and O–H groups in total. The highest BCUT2D eigenvalue weighted by Crippen LogP contribution is 2.16. The normalized spacial score (nSPS) is 10.7. The summed E-state index contributed by atoms with van der Waals surface area (Å²) in [6.45, 7) is 1.86. The summed E-state index contributed by atoms with van der Waals surface area (Å²) in [5.74, 6) is -0.625. The molecular weight excluding hydrogens is 362 g/mol. The van der Waals surface area contributed by atoms with E-state index in [-0.39, 0.29) is 18.3 Å². The van der Waals surface area contributed by atoms with Crippen LogP contribution in [0.4, 0.5) is 11.8 Å². The van der Waals surface area contributed by atoms with E-state index >= 15 is 0 Å². The van der Waals surface area contributed by atoms with Crippen LogP contribution < -0.4 is 5.32 Å². The van der Waals surface area contributed by atoms with Crippen molar-refractivity contribution in [3.05, 3.63) is 63.1 Å². The SMILES string of the molecule is Cc1cc([N+](=O)[O-])nn1CC(=O)Nc1ncn(Cc2ccccc2Cl)n1. The van der Waals surface area contributed by atoms with E-state index in [0.717, 1.165) is 5.56 Å². The average molecular weight is 376 g/mol. The molecule has 11 heteroatoms. The zero-order valence-corrected chi connectivity index (χ0v) is 14.4. The van der Waals surface area contributed by atoms with Crippen LogP contribution in [-0.2, 0) is 17.9 Å². The molecule has 0 atom stereocenters. The number of benzene rings is 1. The third-order valence-electron chi connectivity index (χ3n) is 3.53. The maximum absolute atomic E-state index is 12.1. The van der Waals surface area contributed by atoms with Crippen LogP contribution in [0.1, 0.15) is 11.3 Å². The van der Waals surface area contributed by atoms with Crippen molar-refractivity contribution in [1.29, 1.82) is 0 Å². The topological polar surface area (TPSA) is 121 Å². The second kappa shape index (κ2) is 7.31. The first-order valence-corrected chi connectivity index (χ1v) is 7.91. The number of nitrogens with one attached hydrogen (secondary N) is 1. The van der Waals surface area contributed by atoms with Crippen LogP contribution in [0.2, 0.25) is 5.02 Å². The molecule has 2 aromatic heterocycles. The number of carbonyl (C=O) groups excluding carboxylic acids is 1. The van der Waals surface area contributed by atoms with Gasteiger partial charge in [0.2, 0.25) is 5.95 Å². The number of anilines is 1. The van der Waals surface area contributed by atoms with Crippen LogP contribution in [0.15, 0.2) is 36.7 Å². The number of amides is 1. The fourth-order valence-electron chi connectivity index (χ4n) is 2.27. The van der Waals surface area contributed by atoms with Crippen LogP contribution in [0.25, 0.3) is 0 Å². The zero-order chi connectivity index (χ0) is 18.7. The summed E-state index contributed by atoms with van der Waals surface area (Å²) in [5, 5.41) is 21.8. The highest BCUT2D eigenvalue weighted by atomic mass is 35.5. The van der Waals surface area contributed by atoms with Crippen molar-refractivity contribution in [3.63, 3.8) is 0 Å². The largest absolute Gasteiger partial charge is 0.390 e. The number of carbonyl (C=O) groups is 1. The van der Waals surface area contributed by atoms with Gasteiger partial charge in [-0.2, -0.15) is 4.68 Å². The Morgan fingerprint density at radius 1 is 1.35 bits per heavy atom. The lowest BCUT2D eigenvalue weighted by Crippen LogP contribution is -2.21. The molecule has 0 bridgehead atoms. The van der Waals surface area contributed by atoms with Crippen molar-refractivity contribution in [1.82, 2.24) is 24.5 Å². The second-order valence-corrected chi connectivity index (χ2v) is 5.87. The van der Waals surface area contributed by atoms with Crippen molar-refractivity contribution in [3.8, 4) is 0 Å². The predicted octanol–water partition coefficient (Wildman–Crippen LogP) is 2.03. The number of rotatable bonds is 6. The molecule has 2 heterocycles. The van der Waals surface area contributed by atoms with Gasteiger partial charge in [0.05, 0.1) is 23.4 Å². The van der Waals surface area contributed by atoms with Crippen molar-refractivity contribution in [2.24, 2.45) is 0 Å². The van der Waals surface area contributed by atoms with Crippen molar-refractivity contribution < 1.29 is 9.72 Å². The summed E-state index contributed by atoms with van der Waals surface area (Å²) in [7, 11) is 0. The number of aryl methyl sites for hydroxylation is 1. The first-order chi connectivity index (χ1) is 12.4. The Kier molecular flexibility index (Phi) is 4.94. The quantitative estimate of drug-likeness (QED) is 0.519. The Balaban J connectivity index is 1.63. The molecule has 26 heavy (non-hydrogen) atoms. The molecule has 0 unspecified atom stereocenters. The van der Waals surface area contributed by atoms with Crippen LogP contribution in [-0.4, -0.2) is 35.4 Å². The third-order valence-corrected chi connectivity index (χ3v) is 3.90. The minimum atomic E-state index is -0.612. The number of nitrogens with zero attached hydrogens (tertiary/aromatic N) is 6. The van der Waals surface area contributed by atoms with E-state index in [0.29, 0.717) is 17.3 Å². The summed E-state index contributed by atoms with van der Waals surface area (Å²) in [4.78, 5) is 26.2. The molecule has 0 aliphatic rings. The van der Waals surface area contributed by atoms with E-state index in [1.54, 1.807) is 17.7 Å². The molecule has 3 aromatic rings. The lowest BCUT2D eigenvalue weighted by atomic mass is 10.2. The Morgan fingerprint density at radius 2 is 2.12 bits per heavy atom. The van der Waals surface area contributed by atoms with Crippen LogP contribution in [0.5, 0.6) is 0 Å². The summed E-state index contributed by atoms with van der Waals surface area (Å²) in [5.41, 5.74) is 1.38. The molecule has 134 valence electrons. The molecule has 0 saturated carbocycles. The Hall–Kier alpha value is -3.27. The Bertz CT molecular complexity index is 966. The van der Waals surface area contributed by atoms with Gasteiger partial charge in [-0.05, 0) is 23.5 Å². The highest BCUT2D eigenvalue weighted by molar-refractivity contribution is 6.31. The summed E-state index contributed by atoms with van der Waals surface area (Å²) >= 11 is 6.11. The van der Waals surface area contributed by atoms with Gasteiger partial charge in [0.15, 0.2) is 0 Å². The minimum absolute atomic E-state index is 0.126. The smallest absolute Gasteiger partial charge is 0.358 e. The maximum atomic E-state index is 12.1. The molecule has 0 fully saturated rings. The molecule has 1 aromatic carbocycles. The van der Waals surface area contributed by atoms with Crippen LogP contribution in [0.3, 0.4) is 0 Å². The highest BCUT2D eigenvalue weighted by Gasteiger charge is 2.18. The number of halogens is 1. The lowest BCUT2D eigenvalue weighted by molar-refractivity contribution is -0.389. The molecular formula is C15H14ClN7O3. The van der Waals surface area contributed by atoms with Gasteiger partial charge in [0.25, 0.3) is 5.91 Å². The van der Waals surface area contributed by atoms with E-state index in [1.165, 1.54) is 17.1 Å². The molecule has 0 saturated heterocycles. The monoisotopic (exact) mass is 375 g/mol. The number of nitro groups is 1. The molecule has 0 radical (unpaired) electrons. The molecule has 0 aliphatic carbocycles. The van der Waals surface area contributed by atoms with Crippen LogP contribution in [0, 0.1) is 17.0 Å².